The Morgan fingerprint density at radius 2 is 1.88 bits per heavy atom. The van der Waals surface area contributed by atoms with E-state index in [0.717, 1.165) is 5.56 Å². The molecule has 1 atom stereocenters. The topological polar surface area (TPSA) is 69.6 Å². The van der Waals surface area contributed by atoms with Crippen molar-refractivity contribution in [1.29, 1.82) is 0 Å². The average Bonchev–Trinajstić information content (AvgIpc) is 3.03. The summed E-state index contributed by atoms with van der Waals surface area (Å²) in [5, 5.41) is 12.5. The van der Waals surface area contributed by atoms with Crippen molar-refractivity contribution in [2.24, 2.45) is 0 Å². The molecule has 1 aliphatic rings. The highest BCUT2D eigenvalue weighted by Gasteiger charge is 2.25. The van der Waals surface area contributed by atoms with E-state index in [4.69, 9.17) is 0 Å². The number of anilines is 1. The van der Waals surface area contributed by atoms with Crippen molar-refractivity contribution in [2.75, 3.05) is 18.4 Å². The molecule has 0 bridgehead atoms. The zero-order valence-corrected chi connectivity index (χ0v) is 13.5. The number of β-amino-alcohol motifs (C(OH)–C–C–N with tert-alkyl or cyclic N) is 1. The first-order chi connectivity index (χ1) is 11.5. The lowest BCUT2D eigenvalue weighted by molar-refractivity contribution is 0.0764. The number of aliphatic hydroxyl groups excluding tert-OH is 1. The van der Waals surface area contributed by atoms with E-state index in [0.29, 0.717) is 36.3 Å². The third-order valence-corrected chi connectivity index (χ3v) is 4.22. The van der Waals surface area contributed by atoms with Gasteiger partial charge in [-0.3, -0.25) is 9.59 Å². The number of aryl methyl sites for hydroxylation is 1. The lowest BCUT2D eigenvalue weighted by Crippen LogP contribution is -2.29. The fourth-order valence-corrected chi connectivity index (χ4v) is 2.78. The molecule has 2 N–H and O–H groups in total. The van der Waals surface area contributed by atoms with Crippen LogP contribution in [0.4, 0.5) is 5.69 Å². The lowest BCUT2D eigenvalue weighted by Gasteiger charge is -2.17. The van der Waals surface area contributed by atoms with Crippen LogP contribution < -0.4 is 5.32 Å². The van der Waals surface area contributed by atoms with E-state index in [1.807, 2.05) is 19.1 Å². The van der Waals surface area contributed by atoms with Crippen LogP contribution in [0.5, 0.6) is 0 Å². The zero-order valence-electron chi connectivity index (χ0n) is 13.5. The molecule has 5 nitrogen and oxygen atoms in total. The molecule has 2 amide bonds. The molecule has 124 valence electrons. The minimum absolute atomic E-state index is 0.123. The molecule has 3 rings (SSSR count). The summed E-state index contributed by atoms with van der Waals surface area (Å²) in [6.07, 6.45) is 0.159. The second-order valence-corrected chi connectivity index (χ2v) is 6.04. The summed E-state index contributed by atoms with van der Waals surface area (Å²) in [6.45, 7) is 2.80. The first kappa shape index (κ1) is 16.2. The van der Waals surface area contributed by atoms with Crippen molar-refractivity contribution >= 4 is 17.5 Å². The van der Waals surface area contributed by atoms with E-state index in [1.54, 1.807) is 41.3 Å². The van der Waals surface area contributed by atoms with E-state index in [1.165, 1.54) is 0 Å². The summed E-state index contributed by atoms with van der Waals surface area (Å²) >= 11 is 0. The van der Waals surface area contributed by atoms with Crippen LogP contribution in [0.1, 0.15) is 32.7 Å². The molecule has 1 saturated heterocycles. The number of hydrogen-bond donors (Lipinski definition) is 2. The predicted octanol–water partition coefficient (Wildman–Crippen LogP) is 2.45. The second-order valence-electron chi connectivity index (χ2n) is 6.04. The van der Waals surface area contributed by atoms with Crippen LogP contribution in [-0.4, -0.2) is 41.0 Å². The van der Waals surface area contributed by atoms with Crippen LogP contribution in [-0.2, 0) is 0 Å². The fourth-order valence-electron chi connectivity index (χ4n) is 2.78. The minimum Gasteiger partial charge on any atom is -0.391 e. The maximum absolute atomic E-state index is 12.5. The molecule has 2 aromatic carbocycles. The van der Waals surface area contributed by atoms with Crippen molar-refractivity contribution in [3.8, 4) is 0 Å². The first-order valence-electron chi connectivity index (χ1n) is 7.99. The summed E-state index contributed by atoms with van der Waals surface area (Å²) in [7, 11) is 0. The second kappa shape index (κ2) is 6.84. The van der Waals surface area contributed by atoms with Gasteiger partial charge in [-0.25, -0.2) is 0 Å². The van der Waals surface area contributed by atoms with Gasteiger partial charge >= 0.3 is 0 Å². The van der Waals surface area contributed by atoms with Gasteiger partial charge in [-0.05, 0) is 43.2 Å². The molecular weight excluding hydrogens is 304 g/mol. The number of carbonyl (C=O) groups is 2. The largest absolute Gasteiger partial charge is 0.391 e. The molecule has 0 unspecified atom stereocenters. The maximum Gasteiger partial charge on any atom is 0.255 e. The first-order valence-corrected chi connectivity index (χ1v) is 7.99. The van der Waals surface area contributed by atoms with Crippen LogP contribution in [0.25, 0.3) is 0 Å². The van der Waals surface area contributed by atoms with Crippen molar-refractivity contribution in [1.82, 2.24) is 4.90 Å². The smallest absolute Gasteiger partial charge is 0.255 e. The van der Waals surface area contributed by atoms with Gasteiger partial charge in [0.15, 0.2) is 0 Å². The molecule has 0 spiro atoms. The van der Waals surface area contributed by atoms with E-state index in [-0.39, 0.29) is 11.8 Å². The predicted molar refractivity (Wildman–Crippen MR) is 92.1 cm³/mol. The number of carbonyl (C=O) groups excluding carboxylic acids is 2. The summed E-state index contributed by atoms with van der Waals surface area (Å²) in [6, 6.07) is 14.2. The Balaban J connectivity index is 1.79. The van der Waals surface area contributed by atoms with Crippen LogP contribution in [0.15, 0.2) is 48.5 Å². The molecule has 1 heterocycles. The molecule has 0 aliphatic carbocycles. The Bertz CT molecular complexity index is 758. The fraction of sp³-hybridized carbons (Fsp3) is 0.263. The highest BCUT2D eigenvalue weighted by molar-refractivity contribution is 6.05. The van der Waals surface area contributed by atoms with Gasteiger partial charge in [0.05, 0.1) is 6.10 Å². The maximum atomic E-state index is 12.5. The molecule has 5 heteroatoms. The van der Waals surface area contributed by atoms with Gasteiger partial charge in [-0.2, -0.15) is 0 Å². The molecule has 2 aromatic rings. The Hall–Kier alpha value is -2.66. The Morgan fingerprint density at radius 1 is 1.12 bits per heavy atom. The van der Waals surface area contributed by atoms with Crippen molar-refractivity contribution in [2.45, 2.75) is 19.4 Å². The number of nitrogens with one attached hydrogen (secondary N) is 1. The SMILES string of the molecule is Cc1ccc(C(=O)N2CC[C@@H](O)C2)cc1NC(=O)c1ccccc1. The molecule has 0 saturated carbocycles. The molecule has 0 radical (unpaired) electrons. The number of nitrogens with zero attached hydrogens (tertiary/aromatic N) is 1. The van der Waals surface area contributed by atoms with Gasteiger partial charge in [-0.15, -0.1) is 0 Å². The van der Waals surface area contributed by atoms with Gasteiger partial charge < -0.3 is 15.3 Å². The average molecular weight is 324 g/mol. The van der Waals surface area contributed by atoms with E-state index in [2.05, 4.69) is 5.32 Å². The van der Waals surface area contributed by atoms with Gasteiger partial charge in [0.25, 0.3) is 11.8 Å². The highest BCUT2D eigenvalue weighted by Crippen LogP contribution is 2.21. The van der Waals surface area contributed by atoms with Crippen molar-refractivity contribution in [3.63, 3.8) is 0 Å². The van der Waals surface area contributed by atoms with Crippen LogP contribution in [0, 0.1) is 6.92 Å². The Kier molecular flexibility index (Phi) is 4.62. The summed E-state index contributed by atoms with van der Waals surface area (Å²) in [5.41, 5.74) is 2.58. The summed E-state index contributed by atoms with van der Waals surface area (Å²) in [4.78, 5) is 26.5. The number of amides is 2. The third-order valence-electron chi connectivity index (χ3n) is 4.22. The highest BCUT2D eigenvalue weighted by atomic mass is 16.3. The summed E-state index contributed by atoms with van der Waals surface area (Å²) < 4.78 is 0. The molecule has 1 aliphatic heterocycles. The minimum atomic E-state index is -0.448. The van der Waals surface area contributed by atoms with E-state index < -0.39 is 6.10 Å². The number of likely N-dealkylation sites (tertiary alicyclic amines) is 1. The van der Waals surface area contributed by atoms with Crippen LogP contribution in [0.2, 0.25) is 0 Å². The number of aliphatic hydroxyl groups is 1. The normalized spacial score (nSPS) is 16.9. The monoisotopic (exact) mass is 324 g/mol. The molecule has 1 fully saturated rings. The number of benzene rings is 2. The van der Waals surface area contributed by atoms with Crippen LogP contribution in [0.3, 0.4) is 0 Å². The summed E-state index contributed by atoms with van der Waals surface area (Å²) in [5.74, 6) is -0.332. The zero-order chi connectivity index (χ0) is 17.1. The number of hydrogen-bond acceptors (Lipinski definition) is 3. The lowest BCUT2D eigenvalue weighted by atomic mass is 10.1. The van der Waals surface area contributed by atoms with Crippen molar-refractivity contribution in [3.05, 3.63) is 65.2 Å². The third kappa shape index (κ3) is 3.46. The Labute approximate surface area is 140 Å². The number of rotatable bonds is 3. The van der Waals surface area contributed by atoms with Crippen molar-refractivity contribution < 1.29 is 14.7 Å². The molecule has 0 aromatic heterocycles. The molecular formula is C19H20N2O3. The van der Waals surface area contributed by atoms with Gasteiger partial charge in [-0.1, -0.05) is 24.3 Å². The quantitative estimate of drug-likeness (QED) is 0.911. The Morgan fingerprint density at radius 3 is 2.54 bits per heavy atom. The van der Waals surface area contributed by atoms with Gasteiger partial charge in [0.1, 0.15) is 0 Å². The van der Waals surface area contributed by atoms with Crippen LogP contribution >= 0.6 is 0 Å². The van der Waals surface area contributed by atoms with E-state index in [9.17, 15) is 14.7 Å². The molecule has 24 heavy (non-hydrogen) atoms. The van der Waals surface area contributed by atoms with Gasteiger partial charge in [0.2, 0.25) is 0 Å². The standard InChI is InChI=1S/C19H20N2O3/c1-13-7-8-15(19(24)21-10-9-16(22)12-21)11-17(13)20-18(23)14-5-3-2-4-6-14/h2-8,11,16,22H,9-10,12H2,1H3,(H,20,23)/t16-/m1/s1. The van der Waals surface area contributed by atoms with E-state index >= 15 is 0 Å². The van der Waals surface area contributed by atoms with Gasteiger partial charge in [0, 0.05) is 29.9 Å².